The Hall–Kier alpha value is -3.07. The van der Waals surface area contributed by atoms with Gasteiger partial charge in [-0.05, 0) is 37.1 Å². The van der Waals surface area contributed by atoms with Crippen molar-refractivity contribution in [1.82, 2.24) is 9.80 Å². The van der Waals surface area contributed by atoms with Gasteiger partial charge in [0.1, 0.15) is 5.69 Å². The van der Waals surface area contributed by atoms with Crippen LogP contribution in [0.15, 0.2) is 41.0 Å². The zero-order valence-electron chi connectivity index (χ0n) is 16.9. The Morgan fingerprint density at radius 3 is 2.55 bits per heavy atom. The van der Waals surface area contributed by atoms with Crippen molar-refractivity contribution < 1.29 is 18.9 Å². The summed E-state index contributed by atoms with van der Waals surface area (Å²) in [6, 6.07) is 7.93. The maximum Gasteiger partial charge on any atom is 0.294 e. The summed E-state index contributed by atoms with van der Waals surface area (Å²) in [6.45, 7) is 2.92. The lowest BCUT2D eigenvalue weighted by atomic mass is 9.96. The maximum atomic E-state index is 13.1. The first-order valence-electron chi connectivity index (χ1n) is 10.2. The monoisotopic (exact) mass is 446 g/mol. The largest absolute Gasteiger partial charge is 0.459 e. The van der Waals surface area contributed by atoms with Crippen LogP contribution in [0.2, 0.25) is 5.02 Å². The summed E-state index contributed by atoms with van der Waals surface area (Å²) in [4.78, 5) is 42.0. The van der Waals surface area contributed by atoms with E-state index in [4.69, 9.17) is 16.0 Å². The normalized spacial score (nSPS) is 19.4. The molecule has 2 fully saturated rings. The molecule has 0 spiro atoms. The molecule has 0 N–H and O–H groups in total. The number of carbonyl (C=O) groups is 2. The zero-order valence-corrected chi connectivity index (χ0v) is 17.7. The van der Waals surface area contributed by atoms with E-state index in [0.29, 0.717) is 50.0 Å². The van der Waals surface area contributed by atoms with Crippen LogP contribution in [0.1, 0.15) is 23.4 Å². The first-order valence-corrected chi connectivity index (χ1v) is 10.6. The Balaban J connectivity index is 1.37. The first-order chi connectivity index (χ1) is 14.9. The number of hydrogen-bond acceptors (Lipinski definition) is 6. The van der Waals surface area contributed by atoms with Crippen LogP contribution < -0.4 is 4.90 Å². The van der Waals surface area contributed by atoms with E-state index in [9.17, 15) is 19.7 Å². The van der Waals surface area contributed by atoms with Gasteiger partial charge in [-0.25, -0.2) is 0 Å². The van der Waals surface area contributed by atoms with Crippen molar-refractivity contribution in [3.05, 3.63) is 57.5 Å². The summed E-state index contributed by atoms with van der Waals surface area (Å²) in [7, 11) is 0. The Bertz CT molecular complexity index is 972. The predicted octanol–water partition coefficient (Wildman–Crippen LogP) is 3.04. The molecule has 2 aliphatic rings. The van der Waals surface area contributed by atoms with Gasteiger partial charge < -0.3 is 19.1 Å². The second kappa shape index (κ2) is 8.97. The Labute approximate surface area is 184 Å². The lowest BCUT2D eigenvalue weighted by Gasteiger charge is -2.39. The molecule has 0 aliphatic carbocycles. The number of benzene rings is 1. The first kappa shape index (κ1) is 21.2. The summed E-state index contributed by atoms with van der Waals surface area (Å²) in [6.07, 6.45) is 2.97. The van der Waals surface area contributed by atoms with Crippen molar-refractivity contribution in [2.24, 2.45) is 5.92 Å². The number of nitrogens with zero attached hydrogens (tertiary/aromatic N) is 4. The predicted molar refractivity (Wildman–Crippen MR) is 114 cm³/mol. The Morgan fingerprint density at radius 2 is 1.87 bits per heavy atom. The van der Waals surface area contributed by atoms with Gasteiger partial charge in [-0.1, -0.05) is 11.6 Å². The van der Waals surface area contributed by atoms with Crippen molar-refractivity contribution in [1.29, 1.82) is 0 Å². The zero-order chi connectivity index (χ0) is 22.0. The number of halogens is 1. The molecule has 2 saturated heterocycles. The molecule has 0 unspecified atom stereocenters. The quantitative estimate of drug-likeness (QED) is 0.528. The molecule has 4 rings (SSSR count). The van der Waals surface area contributed by atoms with E-state index in [2.05, 4.69) is 0 Å². The van der Waals surface area contributed by atoms with Crippen LogP contribution in [0.4, 0.5) is 11.4 Å². The second-order valence-corrected chi connectivity index (χ2v) is 8.21. The number of piperazine rings is 1. The average Bonchev–Trinajstić information content (AvgIpc) is 3.33. The van der Waals surface area contributed by atoms with Gasteiger partial charge >= 0.3 is 0 Å². The van der Waals surface area contributed by atoms with Gasteiger partial charge in [0, 0.05) is 50.4 Å². The van der Waals surface area contributed by atoms with Crippen molar-refractivity contribution in [2.45, 2.75) is 12.8 Å². The van der Waals surface area contributed by atoms with E-state index in [1.807, 2.05) is 4.90 Å². The third-order valence-electron chi connectivity index (χ3n) is 5.86. The van der Waals surface area contributed by atoms with E-state index >= 15 is 0 Å². The van der Waals surface area contributed by atoms with Crippen LogP contribution in [0.25, 0.3) is 0 Å². The fraction of sp³-hybridized carbons (Fsp3) is 0.429. The van der Waals surface area contributed by atoms with E-state index < -0.39 is 4.92 Å². The molecule has 2 aromatic rings. The number of piperidine rings is 1. The van der Waals surface area contributed by atoms with E-state index in [-0.39, 0.29) is 29.2 Å². The molecule has 1 atom stereocenters. The van der Waals surface area contributed by atoms with Gasteiger partial charge in [-0.2, -0.15) is 0 Å². The molecule has 2 aliphatic heterocycles. The molecule has 164 valence electrons. The van der Waals surface area contributed by atoms with Crippen molar-refractivity contribution in [3.8, 4) is 0 Å². The molecule has 0 radical (unpaired) electrons. The second-order valence-electron chi connectivity index (χ2n) is 7.77. The van der Waals surface area contributed by atoms with Gasteiger partial charge in [-0.15, -0.1) is 0 Å². The van der Waals surface area contributed by atoms with Crippen molar-refractivity contribution >= 4 is 34.8 Å². The molecule has 0 saturated carbocycles. The minimum absolute atomic E-state index is 0.0298. The fourth-order valence-corrected chi connectivity index (χ4v) is 4.42. The number of furan rings is 1. The number of likely N-dealkylation sites (tertiary alicyclic amines) is 1. The Kier molecular flexibility index (Phi) is 6.13. The number of nitro groups is 1. The topological polar surface area (TPSA) is 100 Å². The average molecular weight is 447 g/mol. The standard InChI is InChI=1S/C21H23ClN4O5/c22-16-5-6-17(18(13-16)26(29)30)23-8-10-24(11-9-23)20(27)15-3-1-7-25(14-15)21(28)19-4-2-12-31-19/h2,4-6,12-13,15H,1,3,7-11,14H2/t15-/m1/s1. The van der Waals surface area contributed by atoms with Crippen LogP contribution in [0, 0.1) is 16.0 Å². The number of anilines is 1. The fourth-order valence-electron chi connectivity index (χ4n) is 4.26. The van der Waals surface area contributed by atoms with Gasteiger partial charge in [0.15, 0.2) is 5.76 Å². The highest BCUT2D eigenvalue weighted by Gasteiger charge is 2.34. The molecule has 0 bridgehead atoms. The minimum atomic E-state index is -0.439. The van der Waals surface area contributed by atoms with Crippen LogP contribution in [-0.2, 0) is 4.79 Å². The molecule has 3 heterocycles. The van der Waals surface area contributed by atoms with Crippen LogP contribution in [0.3, 0.4) is 0 Å². The molecular weight excluding hydrogens is 424 g/mol. The number of rotatable bonds is 4. The summed E-state index contributed by atoms with van der Waals surface area (Å²) in [5, 5.41) is 11.7. The van der Waals surface area contributed by atoms with E-state index in [1.165, 1.54) is 12.3 Å². The van der Waals surface area contributed by atoms with Crippen molar-refractivity contribution in [3.63, 3.8) is 0 Å². The molecule has 10 heteroatoms. The van der Waals surface area contributed by atoms with Crippen LogP contribution >= 0.6 is 11.6 Å². The highest BCUT2D eigenvalue weighted by atomic mass is 35.5. The van der Waals surface area contributed by atoms with Gasteiger partial charge in [0.05, 0.1) is 17.1 Å². The van der Waals surface area contributed by atoms with Crippen LogP contribution in [0.5, 0.6) is 0 Å². The third kappa shape index (κ3) is 4.51. The summed E-state index contributed by atoms with van der Waals surface area (Å²) in [5.74, 6) is -0.125. The highest BCUT2D eigenvalue weighted by Crippen LogP contribution is 2.32. The lowest BCUT2D eigenvalue weighted by molar-refractivity contribution is -0.384. The smallest absolute Gasteiger partial charge is 0.294 e. The summed E-state index contributed by atoms with van der Waals surface area (Å²) < 4.78 is 5.20. The van der Waals surface area contributed by atoms with Gasteiger partial charge in [-0.3, -0.25) is 19.7 Å². The number of carbonyl (C=O) groups excluding carboxylic acids is 2. The molecule has 2 amide bonds. The van der Waals surface area contributed by atoms with E-state index in [1.54, 1.807) is 34.1 Å². The number of amides is 2. The molecule has 9 nitrogen and oxygen atoms in total. The SMILES string of the molecule is O=C(c1ccco1)N1CCC[C@@H](C(=O)N2CCN(c3ccc(Cl)cc3[N+](=O)[O-])CC2)C1. The highest BCUT2D eigenvalue weighted by molar-refractivity contribution is 6.30. The van der Waals surface area contributed by atoms with Gasteiger partial charge in [0.2, 0.25) is 5.91 Å². The van der Waals surface area contributed by atoms with Gasteiger partial charge in [0.25, 0.3) is 11.6 Å². The molecule has 1 aromatic heterocycles. The molecule has 31 heavy (non-hydrogen) atoms. The van der Waals surface area contributed by atoms with E-state index in [0.717, 1.165) is 12.8 Å². The maximum absolute atomic E-state index is 13.1. The minimum Gasteiger partial charge on any atom is -0.459 e. The number of nitro benzene ring substituents is 1. The Morgan fingerprint density at radius 1 is 1.10 bits per heavy atom. The third-order valence-corrected chi connectivity index (χ3v) is 6.09. The summed E-state index contributed by atoms with van der Waals surface area (Å²) >= 11 is 5.91. The number of hydrogen-bond donors (Lipinski definition) is 0. The summed E-state index contributed by atoms with van der Waals surface area (Å²) in [5.41, 5.74) is 0.473. The van der Waals surface area contributed by atoms with Crippen LogP contribution in [-0.4, -0.2) is 65.8 Å². The molecule has 1 aromatic carbocycles. The molecular formula is C21H23ClN4O5. The van der Waals surface area contributed by atoms with Crippen molar-refractivity contribution in [2.75, 3.05) is 44.2 Å². The lowest BCUT2D eigenvalue weighted by Crippen LogP contribution is -2.53.